The summed E-state index contributed by atoms with van der Waals surface area (Å²) < 4.78 is 19.4. The highest BCUT2D eigenvalue weighted by Crippen LogP contribution is 2.35. The van der Waals surface area contributed by atoms with Crippen LogP contribution in [0.25, 0.3) is 10.2 Å². The van der Waals surface area contributed by atoms with E-state index < -0.39 is 5.91 Å². The Morgan fingerprint density at radius 3 is 2.68 bits per heavy atom. The van der Waals surface area contributed by atoms with Crippen LogP contribution in [0, 0.1) is 5.82 Å². The number of ether oxygens (including phenoxy) is 1. The van der Waals surface area contributed by atoms with Crippen molar-refractivity contribution < 1.29 is 13.9 Å². The van der Waals surface area contributed by atoms with Gasteiger partial charge < -0.3 is 4.74 Å². The second kappa shape index (κ2) is 7.56. The van der Waals surface area contributed by atoms with Crippen molar-refractivity contribution in [3.8, 4) is 5.75 Å². The molecule has 3 aromatic rings. The molecule has 130 valence electrons. The minimum atomic E-state index is -0.412. The number of hydrogen-bond donors (Lipinski definition) is 1. The molecule has 0 saturated carbocycles. The van der Waals surface area contributed by atoms with Gasteiger partial charge in [0.05, 0.1) is 26.9 Å². The minimum Gasteiger partial charge on any atom is -0.490 e. The van der Waals surface area contributed by atoms with Crippen molar-refractivity contribution >= 4 is 55.8 Å². The number of anilines is 1. The number of amides is 1. The van der Waals surface area contributed by atoms with Crippen LogP contribution < -0.4 is 10.1 Å². The molecule has 0 bridgehead atoms. The van der Waals surface area contributed by atoms with Crippen LogP contribution in [0.1, 0.15) is 23.7 Å². The van der Waals surface area contributed by atoms with E-state index in [4.69, 9.17) is 27.9 Å². The van der Waals surface area contributed by atoms with Crippen LogP contribution in [-0.2, 0) is 0 Å². The van der Waals surface area contributed by atoms with Gasteiger partial charge in [0, 0.05) is 5.56 Å². The first kappa shape index (κ1) is 17.9. The lowest BCUT2D eigenvalue weighted by Crippen LogP contribution is -2.12. The maximum atomic E-state index is 13.2. The predicted octanol–water partition coefficient (Wildman–Crippen LogP) is 5.78. The smallest absolute Gasteiger partial charge is 0.257 e. The summed E-state index contributed by atoms with van der Waals surface area (Å²) in [4.78, 5) is 16.7. The molecule has 1 N–H and O–H groups in total. The molecule has 4 nitrogen and oxygen atoms in total. The second-order valence-electron chi connectivity index (χ2n) is 5.20. The van der Waals surface area contributed by atoms with E-state index in [0.717, 1.165) is 6.42 Å². The van der Waals surface area contributed by atoms with Gasteiger partial charge in [-0.1, -0.05) is 41.5 Å². The summed E-state index contributed by atoms with van der Waals surface area (Å²) in [6.07, 6.45) is 0.813. The first-order valence-corrected chi connectivity index (χ1v) is 9.04. The Morgan fingerprint density at radius 1 is 1.28 bits per heavy atom. The molecule has 3 rings (SSSR count). The first-order chi connectivity index (χ1) is 12.0. The van der Waals surface area contributed by atoms with Gasteiger partial charge in [-0.15, -0.1) is 0 Å². The van der Waals surface area contributed by atoms with E-state index in [1.165, 1.54) is 35.6 Å². The molecule has 8 heteroatoms. The van der Waals surface area contributed by atoms with Crippen molar-refractivity contribution in [2.75, 3.05) is 11.9 Å². The Hall–Kier alpha value is -1.89. The standard InChI is InChI=1S/C17H13Cl2FN2O2S/c1-2-5-24-15-11(18)6-9(7-12(15)19)16(23)22-17-21-13-4-3-10(20)8-14(13)25-17/h3-4,6-8H,2,5H2,1H3,(H,21,22,23). The van der Waals surface area contributed by atoms with Gasteiger partial charge in [0.25, 0.3) is 5.91 Å². The van der Waals surface area contributed by atoms with E-state index in [-0.39, 0.29) is 21.4 Å². The topological polar surface area (TPSA) is 51.2 Å². The van der Waals surface area contributed by atoms with Crippen molar-refractivity contribution in [3.63, 3.8) is 0 Å². The van der Waals surface area contributed by atoms with Crippen molar-refractivity contribution in [1.82, 2.24) is 4.98 Å². The van der Waals surface area contributed by atoms with Crippen LogP contribution in [-0.4, -0.2) is 17.5 Å². The zero-order chi connectivity index (χ0) is 18.0. The molecule has 1 amide bonds. The van der Waals surface area contributed by atoms with E-state index in [2.05, 4.69) is 10.3 Å². The molecule has 0 spiro atoms. The Balaban J connectivity index is 1.82. The van der Waals surface area contributed by atoms with Gasteiger partial charge in [-0.3, -0.25) is 10.1 Å². The largest absolute Gasteiger partial charge is 0.490 e. The van der Waals surface area contributed by atoms with Gasteiger partial charge in [-0.2, -0.15) is 0 Å². The van der Waals surface area contributed by atoms with Crippen LogP contribution >= 0.6 is 34.5 Å². The number of thiazole rings is 1. The molecule has 0 radical (unpaired) electrons. The third-order valence-corrected chi connectivity index (χ3v) is 4.78. The van der Waals surface area contributed by atoms with Crippen molar-refractivity contribution in [2.45, 2.75) is 13.3 Å². The van der Waals surface area contributed by atoms with E-state index in [1.54, 1.807) is 6.07 Å². The van der Waals surface area contributed by atoms with Gasteiger partial charge in [0.1, 0.15) is 5.82 Å². The molecule has 1 heterocycles. The zero-order valence-corrected chi connectivity index (χ0v) is 15.4. The molecule has 0 aliphatic rings. The molecular formula is C17H13Cl2FN2O2S. The summed E-state index contributed by atoms with van der Waals surface area (Å²) in [6, 6.07) is 7.23. The number of hydrogen-bond acceptors (Lipinski definition) is 4. The van der Waals surface area contributed by atoms with E-state index >= 15 is 0 Å². The monoisotopic (exact) mass is 398 g/mol. The van der Waals surface area contributed by atoms with Crippen LogP contribution in [0.4, 0.5) is 9.52 Å². The number of nitrogens with one attached hydrogen (secondary N) is 1. The number of aromatic nitrogens is 1. The molecule has 0 atom stereocenters. The molecule has 0 unspecified atom stereocenters. The molecule has 1 aromatic heterocycles. The maximum absolute atomic E-state index is 13.2. The van der Waals surface area contributed by atoms with Crippen molar-refractivity contribution in [1.29, 1.82) is 0 Å². The summed E-state index contributed by atoms with van der Waals surface area (Å²) >= 11 is 13.5. The fraction of sp³-hybridized carbons (Fsp3) is 0.176. The van der Waals surface area contributed by atoms with Gasteiger partial charge >= 0.3 is 0 Å². The number of fused-ring (bicyclic) bond motifs is 1. The zero-order valence-electron chi connectivity index (χ0n) is 13.1. The highest BCUT2D eigenvalue weighted by molar-refractivity contribution is 7.22. The van der Waals surface area contributed by atoms with Crippen molar-refractivity contribution in [2.24, 2.45) is 0 Å². The van der Waals surface area contributed by atoms with Gasteiger partial charge in [0.15, 0.2) is 10.9 Å². The number of rotatable bonds is 5. The Kier molecular flexibility index (Phi) is 5.42. The average molecular weight is 399 g/mol. The summed E-state index contributed by atoms with van der Waals surface area (Å²) in [6.45, 7) is 2.45. The molecular weight excluding hydrogens is 386 g/mol. The highest BCUT2D eigenvalue weighted by atomic mass is 35.5. The SMILES string of the molecule is CCCOc1c(Cl)cc(C(=O)Nc2nc3ccc(F)cc3s2)cc1Cl. The Morgan fingerprint density at radius 2 is 2.00 bits per heavy atom. The molecule has 0 aliphatic carbocycles. The van der Waals surface area contributed by atoms with Crippen LogP contribution in [0.5, 0.6) is 5.75 Å². The molecule has 0 fully saturated rings. The van der Waals surface area contributed by atoms with E-state index in [1.807, 2.05) is 6.92 Å². The third kappa shape index (κ3) is 4.03. The minimum absolute atomic E-state index is 0.262. The maximum Gasteiger partial charge on any atom is 0.257 e. The lowest BCUT2D eigenvalue weighted by atomic mass is 10.2. The normalized spacial score (nSPS) is 10.9. The van der Waals surface area contributed by atoms with Gasteiger partial charge in [-0.25, -0.2) is 9.37 Å². The summed E-state index contributed by atoms with van der Waals surface area (Å²) in [5.74, 6) is -0.405. The molecule has 2 aromatic carbocycles. The number of nitrogens with zero attached hydrogens (tertiary/aromatic N) is 1. The quantitative estimate of drug-likeness (QED) is 0.592. The van der Waals surface area contributed by atoms with E-state index in [9.17, 15) is 9.18 Å². The molecule has 25 heavy (non-hydrogen) atoms. The molecule has 0 aliphatic heterocycles. The lowest BCUT2D eigenvalue weighted by Gasteiger charge is -2.10. The summed E-state index contributed by atoms with van der Waals surface area (Å²) in [5, 5.41) is 3.56. The van der Waals surface area contributed by atoms with Gasteiger partial charge in [0.2, 0.25) is 0 Å². The highest BCUT2D eigenvalue weighted by Gasteiger charge is 2.16. The predicted molar refractivity (Wildman–Crippen MR) is 99.8 cm³/mol. The fourth-order valence-electron chi connectivity index (χ4n) is 2.15. The number of carbonyl (C=O) groups is 1. The number of benzene rings is 2. The first-order valence-electron chi connectivity index (χ1n) is 7.47. The summed E-state index contributed by atoms with van der Waals surface area (Å²) in [7, 11) is 0. The van der Waals surface area contributed by atoms with Crippen LogP contribution in [0.2, 0.25) is 10.0 Å². The molecule has 0 saturated heterocycles. The Labute approximate surface area is 157 Å². The third-order valence-electron chi connectivity index (χ3n) is 3.28. The van der Waals surface area contributed by atoms with Crippen LogP contribution in [0.3, 0.4) is 0 Å². The van der Waals surface area contributed by atoms with Crippen molar-refractivity contribution in [3.05, 3.63) is 51.8 Å². The Bertz CT molecular complexity index is 923. The van der Waals surface area contributed by atoms with E-state index in [0.29, 0.717) is 27.7 Å². The second-order valence-corrected chi connectivity index (χ2v) is 7.05. The summed E-state index contributed by atoms with van der Waals surface area (Å²) in [5.41, 5.74) is 0.894. The lowest BCUT2D eigenvalue weighted by molar-refractivity contribution is 0.102. The average Bonchev–Trinajstić information content (AvgIpc) is 2.95. The number of carbonyl (C=O) groups excluding carboxylic acids is 1. The van der Waals surface area contributed by atoms with Crippen LogP contribution in [0.15, 0.2) is 30.3 Å². The van der Waals surface area contributed by atoms with Gasteiger partial charge in [-0.05, 0) is 36.8 Å². The number of halogens is 3. The fourth-order valence-corrected chi connectivity index (χ4v) is 3.64.